The number of thiophene rings is 1. The van der Waals surface area contributed by atoms with Crippen LogP contribution < -0.4 is 0 Å². The zero-order valence-electron chi connectivity index (χ0n) is 11.7. The molecule has 2 heterocycles. The number of thioether (sulfide) groups is 1. The summed E-state index contributed by atoms with van der Waals surface area (Å²) < 4.78 is 15.0. The Balaban J connectivity index is 1.81. The van der Waals surface area contributed by atoms with Crippen LogP contribution in [-0.2, 0) is 7.05 Å². The second-order valence-electron chi connectivity index (χ2n) is 4.65. The van der Waals surface area contributed by atoms with Crippen molar-refractivity contribution in [2.24, 2.45) is 7.05 Å². The van der Waals surface area contributed by atoms with Crippen molar-refractivity contribution < 1.29 is 4.39 Å². The van der Waals surface area contributed by atoms with Crippen LogP contribution >= 0.6 is 23.1 Å². The van der Waals surface area contributed by atoms with Gasteiger partial charge >= 0.3 is 0 Å². The molecule has 0 fully saturated rings. The summed E-state index contributed by atoms with van der Waals surface area (Å²) in [7, 11) is 1.97. The van der Waals surface area contributed by atoms with E-state index in [1.54, 1.807) is 23.1 Å². The lowest BCUT2D eigenvalue weighted by molar-refractivity contribution is 0.627. The van der Waals surface area contributed by atoms with Crippen LogP contribution in [0.4, 0.5) is 4.39 Å². The quantitative estimate of drug-likeness (QED) is 0.662. The Morgan fingerprint density at radius 2 is 1.95 bits per heavy atom. The third kappa shape index (κ3) is 3.01. The Kier molecular flexibility index (Phi) is 4.07. The molecule has 0 radical (unpaired) electrons. The van der Waals surface area contributed by atoms with Gasteiger partial charge in [0, 0.05) is 12.3 Å². The van der Waals surface area contributed by atoms with E-state index in [0.29, 0.717) is 0 Å². The normalized spacial score (nSPS) is 12.5. The maximum atomic E-state index is 13.0. The molecule has 0 saturated carbocycles. The number of halogens is 1. The molecule has 2 aromatic heterocycles. The predicted octanol–water partition coefficient (Wildman–Crippen LogP) is 4.54. The van der Waals surface area contributed by atoms with Crippen molar-refractivity contribution in [3.63, 3.8) is 0 Å². The van der Waals surface area contributed by atoms with Gasteiger partial charge in [0.05, 0.1) is 4.88 Å². The molecule has 0 amide bonds. The van der Waals surface area contributed by atoms with Crippen LogP contribution in [0, 0.1) is 5.82 Å². The van der Waals surface area contributed by atoms with Crippen LogP contribution in [-0.4, -0.2) is 14.8 Å². The number of hydrogen-bond acceptors (Lipinski definition) is 4. The second-order valence-corrected chi connectivity index (χ2v) is 6.91. The molecule has 6 heteroatoms. The van der Waals surface area contributed by atoms with Gasteiger partial charge in [-0.1, -0.05) is 30.0 Å². The highest BCUT2D eigenvalue weighted by molar-refractivity contribution is 7.99. The van der Waals surface area contributed by atoms with Gasteiger partial charge in [0.1, 0.15) is 5.82 Å². The van der Waals surface area contributed by atoms with Gasteiger partial charge in [-0.25, -0.2) is 4.39 Å². The lowest BCUT2D eigenvalue weighted by Gasteiger charge is -2.11. The molecule has 0 aliphatic rings. The van der Waals surface area contributed by atoms with Gasteiger partial charge < -0.3 is 4.57 Å². The molecular formula is C15H14FN3S2. The topological polar surface area (TPSA) is 30.7 Å². The van der Waals surface area contributed by atoms with E-state index in [0.717, 1.165) is 21.4 Å². The summed E-state index contributed by atoms with van der Waals surface area (Å²) in [6.45, 7) is 2.08. The summed E-state index contributed by atoms with van der Waals surface area (Å²) in [5.41, 5.74) is 1.07. The lowest BCUT2D eigenvalue weighted by Crippen LogP contribution is -1.96. The zero-order valence-corrected chi connectivity index (χ0v) is 13.3. The van der Waals surface area contributed by atoms with E-state index in [4.69, 9.17) is 0 Å². The molecule has 108 valence electrons. The summed E-state index contributed by atoms with van der Waals surface area (Å²) in [6.07, 6.45) is 0. The monoisotopic (exact) mass is 319 g/mol. The molecule has 0 bridgehead atoms. The maximum absolute atomic E-state index is 13.0. The Hall–Kier alpha value is -1.66. The van der Waals surface area contributed by atoms with Crippen LogP contribution in [0.25, 0.3) is 10.7 Å². The van der Waals surface area contributed by atoms with Crippen LogP contribution in [0.3, 0.4) is 0 Å². The van der Waals surface area contributed by atoms with Crippen LogP contribution in [0.1, 0.15) is 17.7 Å². The van der Waals surface area contributed by atoms with Gasteiger partial charge in [0.25, 0.3) is 0 Å². The van der Waals surface area contributed by atoms with Gasteiger partial charge in [-0.2, -0.15) is 0 Å². The first-order valence-corrected chi connectivity index (χ1v) is 8.26. The minimum absolute atomic E-state index is 0.185. The minimum Gasteiger partial charge on any atom is -0.304 e. The van der Waals surface area contributed by atoms with E-state index in [2.05, 4.69) is 17.1 Å². The highest BCUT2D eigenvalue weighted by Crippen LogP contribution is 2.35. The smallest absolute Gasteiger partial charge is 0.191 e. The van der Waals surface area contributed by atoms with Gasteiger partial charge in [-0.15, -0.1) is 21.5 Å². The molecule has 3 nitrogen and oxygen atoms in total. The van der Waals surface area contributed by atoms with Crippen LogP contribution in [0.2, 0.25) is 0 Å². The molecule has 21 heavy (non-hydrogen) atoms. The van der Waals surface area contributed by atoms with E-state index in [1.165, 1.54) is 12.1 Å². The fourth-order valence-electron chi connectivity index (χ4n) is 2.00. The van der Waals surface area contributed by atoms with Crippen molar-refractivity contribution in [3.8, 4) is 10.7 Å². The molecule has 1 aromatic carbocycles. The molecule has 1 atom stereocenters. The average molecular weight is 319 g/mol. The van der Waals surface area contributed by atoms with Gasteiger partial charge in [0.2, 0.25) is 0 Å². The maximum Gasteiger partial charge on any atom is 0.191 e. The van der Waals surface area contributed by atoms with Crippen molar-refractivity contribution in [1.82, 2.24) is 14.8 Å². The first-order chi connectivity index (χ1) is 10.1. The molecule has 0 N–H and O–H groups in total. The average Bonchev–Trinajstić information content (AvgIpc) is 3.10. The van der Waals surface area contributed by atoms with E-state index in [9.17, 15) is 4.39 Å². The summed E-state index contributed by atoms with van der Waals surface area (Å²) >= 11 is 3.26. The minimum atomic E-state index is -0.213. The Bertz CT molecular complexity index is 720. The van der Waals surface area contributed by atoms with E-state index >= 15 is 0 Å². The van der Waals surface area contributed by atoms with E-state index in [-0.39, 0.29) is 11.1 Å². The summed E-state index contributed by atoms with van der Waals surface area (Å²) in [5.74, 6) is 0.661. The van der Waals surface area contributed by atoms with Crippen molar-refractivity contribution in [2.75, 3.05) is 0 Å². The predicted molar refractivity (Wildman–Crippen MR) is 85.0 cm³/mol. The Morgan fingerprint density at radius 1 is 1.19 bits per heavy atom. The third-order valence-corrected chi connectivity index (χ3v) is 5.26. The summed E-state index contributed by atoms with van der Waals surface area (Å²) in [4.78, 5) is 1.10. The molecule has 3 aromatic rings. The molecule has 0 saturated heterocycles. The van der Waals surface area contributed by atoms with Gasteiger partial charge in [-0.3, -0.25) is 0 Å². The number of nitrogens with zero attached hydrogens (tertiary/aromatic N) is 3. The van der Waals surface area contributed by atoms with Crippen molar-refractivity contribution in [2.45, 2.75) is 17.3 Å². The fraction of sp³-hybridized carbons (Fsp3) is 0.200. The lowest BCUT2D eigenvalue weighted by atomic mass is 10.2. The first-order valence-electron chi connectivity index (χ1n) is 6.50. The van der Waals surface area contributed by atoms with Crippen molar-refractivity contribution in [3.05, 3.63) is 53.2 Å². The van der Waals surface area contributed by atoms with E-state index < -0.39 is 0 Å². The highest BCUT2D eigenvalue weighted by Gasteiger charge is 2.15. The van der Waals surface area contributed by atoms with Crippen molar-refractivity contribution in [1.29, 1.82) is 0 Å². The standard InChI is InChI=1S/C15H14FN3S2/c1-10(11-5-7-12(16)8-6-11)21-15-18-17-14(19(15)2)13-4-3-9-20-13/h3-10H,1-2H3. The SMILES string of the molecule is CC(Sc1nnc(-c2cccs2)n1C)c1ccc(F)cc1. The number of hydrogen-bond donors (Lipinski definition) is 0. The van der Waals surface area contributed by atoms with Crippen LogP contribution in [0.5, 0.6) is 0 Å². The summed E-state index contributed by atoms with van der Waals surface area (Å²) in [5, 5.41) is 11.6. The largest absolute Gasteiger partial charge is 0.304 e. The fourth-order valence-corrected chi connectivity index (χ4v) is 3.68. The van der Waals surface area contributed by atoms with Gasteiger partial charge in [0.15, 0.2) is 11.0 Å². The molecule has 1 unspecified atom stereocenters. The number of aromatic nitrogens is 3. The zero-order chi connectivity index (χ0) is 14.8. The highest BCUT2D eigenvalue weighted by atomic mass is 32.2. The molecule has 0 aliphatic heterocycles. The second kappa shape index (κ2) is 5.99. The van der Waals surface area contributed by atoms with Crippen molar-refractivity contribution >= 4 is 23.1 Å². The van der Waals surface area contributed by atoms with E-state index in [1.807, 2.05) is 41.3 Å². The number of rotatable bonds is 4. The molecular weight excluding hydrogens is 305 g/mol. The van der Waals surface area contributed by atoms with Gasteiger partial charge in [-0.05, 0) is 36.1 Å². The Labute approximate surface area is 130 Å². The molecule has 3 rings (SSSR count). The Morgan fingerprint density at radius 3 is 2.62 bits per heavy atom. The molecule has 0 aliphatic carbocycles. The van der Waals surface area contributed by atoms with Crippen LogP contribution in [0.15, 0.2) is 46.9 Å². The first kappa shape index (κ1) is 14.3. The third-order valence-electron chi connectivity index (χ3n) is 3.20. The molecule has 0 spiro atoms. The number of benzene rings is 1. The summed E-state index contributed by atoms with van der Waals surface area (Å²) in [6, 6.07) is 10.6.